The maximum Gasteiger partial charge on any atom is 0.226 e. The number of nitrogens with two attached hydrogens (primary N) is 1. The Morgan fingerprint density at radius 3 is 3.00 bits per heavy atom. The van der Waals surface area contributed by atoms with Gasteiger partial charge >= 0.3 is 0 Å². The van der Waals surface area contributed by atoms with Gasteiger partial charge in [0.2, 0.25) is 5.89 Å². The molecule has 2 rings (SSSR count). The molecule has 0 aliphatic rings. The molecule has 5 nitrogen and oxygen atoms in total. The summed E-state index contributed by atoms with van der Waals surface area (Å²) in [5.74, 6) is 2.52. The average Bonchev–Trinajstić information content (AvgIpc) is 2.86. The van der Waals surface area contributed by atoms with Crippen molar-refractivity contribution in [2.45, 2.75) is 19.8 Å². The second-order valence-electron chi connectivity index (χ2n) is 4.68. The van der Waals surface area contributed by atoms with E-state index in [9.17, 15) is 0 Å². The molecule has 0 spiro atoms. The molecule has 0 saturated carbocycles. The molecule has 1 heterocycles. The number of benzene rings is 1. The lowest BCUT2D eigenvalue weighted by molar-refractivity contribution is 0.356. The Labute approximate surface area is 112 Å². The molecule has 0 bridgehead atoms. The molecule has 0 fully saturated rings. The number of ether oxygens (including phenoxy) is 1. The Morgan fingerprint density at radius 2 is 2.26 bits per heavy atom. The topological polar surface area (TPSA) is 74.2 Å². The Kier molecular flexibility index (Phi) is 4.52. The molecule has 1 aromatic heterocycles. The normalized spacial score (nSPS) is 12.4. The van der Waals surface area contributed by atoms with E-state index in [1.54, 1.807) is 7.11 Å². The average molecular weight is 261 g/mol. The second-order valence-corrected chi connectivity index (χ2v) is 4.68. The van der Waals surface area contributed by atoms with Crippen molar-refractivity contribution >= 4 is 0 Å². The van der Waals surface area contributed by atoms with Crippen LogP contribution in [0.4, 0.5) is 0 Å². The number of rotatable bonds is 6. The van der Waals surface area contributed by atoms with Crippen molar-refractivity contribution in [2.75, 3.05) is 13.7 Å². The van der Waals surface area contributed by atoms with E-state index in [1.165, 1.54) is 0 Å². The largest absolute Gasteiger partial charge is 0.497 e. The van der Waals surface area contributed by atoms with Crippen LogP contribution in [0.3, 0.4) is 0 Å². The van der Waals surface area contributed by atoms with E-state index < -0.39 is 0 Å². The minimum atomic E-state index is 0.352. The molecule has 1 aromatic carbocycles. The van der Waals surface area contributed by atoms with Gasteiger partial charge < -0.3 is 15.0 Å². The maximum atomic E-state index is 5.58. The van der Waals surface area contributed by atoms with E-state index >= 15 is 0 Å². The van der Waals surface area contributed by atoms with E-state index in [1.807, 2.05) is 24.3 Å². The van der Waals surface area contributed by atoms with E-state index in [2.05, 4.69) is 17.1 Å². The second kappa shape index (κ2) is 6.33. The predicted octanol–water partition coefficient (Wildman–Crippen LogP) is 1.81. The quantitative estimate of drug-likeness (QED) is 0.858. The van der Waals surface area contributed by atoms with Crippen LogP contribution in [0, 0.1) is 5.92 Å². The van der Waals surface area contributed by atoms with Crippen LogP contribution in [0.25, 0.3) is 0 Å². The zero-order chi connectivity index (χ0) is 13.7. The number of aromatic nitrogens is 2. The van der Waals surface area contributed by atoms with Gasteiger partial charge in [-0.2, -0.15) is 4.98 Å². The zero-order valence-electron chi connectivity index (χ0n) is 11.3. The number of hydrogen-bond donors (Lipinski definition) is 1. The summed E-state index contributed by atoms with van der Waals surface area (Å²) in [5, 5.41) is 3.99. The first kappa shape index (κ1) is 13.5. The summed E-state index contributed by atoms with van der Waals surface area (Å²) in [6, 6.07) is 7.85. The molecule has 0 radical (unpaired) electrons. The van der Waals surface area contributed by atoms with Gasteiger partial charge in [0, 0.05) is 12.8 Å². The Morgan fingerprint density at radius 1 is 1.42 bits per heavy atom. The van der Waals surface area contributed by atoms with Crippen molar-refractivity contribution in [3.63, 3.8) is 0 Å². The summed E-state index contributed by atoms with van der Waals surface area (Å²) < 4.78 is 10.4. The lowest BCUT2D eigenvalue weighted by Crippen LogP contribution is -2.13. The van der Waals surface area contributed by atoms with Gasteiger partial charge in [0.1, 0.15) is 5.75 Å². The van der Waals surface area contributed by atoms with Gasteiger partial charge in [-0.15, -0.1) is 0 Å². The summed E-state index contributed by atoms with van der Waals surface area (Å²) in [6.07, 6.45) is 1.36. The molecule has 1 atom stereocenters. The van der Waals surface area contributed by atoms with E-state index in [4.69, 9.17) is 15.0 Å². The first-order chi connectivity index (χ1) is 9.21. The molecule has 19 heavy (non-hydrogen) atoms. The smallest absolute Gasteiger partial charge is 0.226 e. The van der Waals surface area contributed by atoms with Gasteiger partial charge in [0.15, 0.2) is 5.82 Å². The van der Waals surface area contributed by atoms with Crippen molar-refractivity contribution in [1.29, 1.82) is 0 Å². The first-order valence-corrected chi connectivity index (χ1v) is 6.35. The highest BCUT2D eigenvalue weighted by Crippen LogP contribution is 2.15. The van der Waals surface area contributed by atoms with E-state index in [0.29, 0.717) is 30.6 Å². The molecule has 2 N–H and O–H groups in total. The summed E-state index contributed by atoms with van der Waals surface area (Å²) in [6.45, 7) is 2.68. The van der Waals surface area contributed by atoms with E-state index in [-0.39, 0.29) is 0 Å². The van der Waals surface area contributed by atoms with Gasteiger partial charge in [-0.3, -0.25) is 0 Å². The fraction of sp³-hybridized carbons (Fsp3) is 0.429. The molecule has 102 valence electrons. The van der Waals surface area contributed by atoms with Gasteiger partial charge in [0.05, 0.1) is 7.11 Å². The molecule has 1 unspecified atom stereocenters. The fourth-order valence-electron chi connectivity index (χ4n) is 1.79. The Hall–Kier alpha value is -1.88. The van der Waals surface area contributed by atoms with Crippen molar-refractivity contribution in [3.8, 4) is 5.75 Å². The lowest BCUT2D eigenvalue weighted by atomic mass is 10.1. The third-order valence-electron chi connectivity index (χ3n) is 2.93. The standard InChI is InChI=1S/C14H19N3O2/c1-10(9-15)6-14-16-13(17-19-14)8-11-4-3-5-12(7-11)18-2/h3-5,7,10H,6,8-9,15H2,1-2H3. The van der Waals surface area contributed by atoms with Crippen molar-refractivity contribution in [3.05, 3.63) is 41.5 Å². The summed E-state index contributed by atoms with van der Waals surface area (Å²) in [7, 11) is 1.65. The zero-order valence-corrected chi connectivity index (χ0v) is 11.3. The van der Waals surface area contributed by atoms with Gasteiger partial charge in [0.25, 0.3) is 0 Å². The molecule has 0 amide bonds. The summed E-state index contributed by atoms with van der Waals surface area (Å²) in [4.78, 5) is 4.37. The monoisotopic (exact) mass is 261 g/mol. The van der Waals surface area contributed by atoms with Crippen LogP contribution in [0.2, 0.25) is 0 Å². The minimum Gasteiger partial charge on any atom is -0.497 e. The summed E-state index contributed by atoms with van der Waals surface area (Å²) in [5.41, 5.74) is 6.67. The van der Waals surface area contributed by atoms with Crippen LogP contribution < -0.4 is 10.5 Å². The predicted molar refractivity (Wildman–Crippen MR) is 72.0 cm³/mol. The fourth-order valence-corrected chi connectivity index (χ4v) is 1.79. The third-order valence-corrected chi connectivity index (χ3v) is 2.93. The number of nitrogens with zero attached hydrogens (tertiary/aromatic N) is 2. The van der Waals surface area contributed by atoms with Crippen molar-refractivity contribution < 1.29 is 9.26 Å². The Bertz CT molecular complexity index is 525. The molecular weight excluding hydrogens is 242 g/mol. The van der Waals surface area contributed by atoms with Crippen LogP contribution in [0.1, 0.15) is 24.2 Å². The van der Waals surface area contributed by atoms with Crippen molar-refractivity contribution in [1.82, 2.24) is 10.1 Å². The highest BCUT2D eigenvalue weighted by Gasteiger charge is 2.10. The van der Waals surface area contributed by atoms with Crippen LogP contribution in [0.15, 0.2) is 28.8 Å². The van der Waals surface area contributed by atoms with Crippen LogP contribution in [-0.4, -0.2) is 23.8 Å². The third kappa shape index (κ3) is 3.79. The van der Waals surface area contributed by atoms with Crippen LogP contribution in [-0.2, 0) is 12.8 Å². The van der Waals surface area contributed by atoms with Gasteiger partial charge in [-0.1, -0.05) is 24.2 Å². The Balaban J connectivity index is 2.02. The minimum absolute atomic E-state index is 0.352. The first-order valence-electron chi connectivity index (χ1n) is 6.35. The molecule has 0 aliphatic heterocycles. The SMILES string of the molecule is COc1cccc(Cc2noc(CC(C)CN)n2)c1. The molecule has 5 heteroatoms. The molecule has 2 aromatic rings. The van der Waals surface area contributed by atoms with Crippen LogP contribution in [0.5, 0.6) is 5.75 Å². The highest BCUT2D eigenvalue weighted by molar-refractivity contribution is 5.30. The lowest BCUT2D eigenvalue weighted by Gasteiger charge is -2.02. The number of methoxy groups -OCH3 is 1. The maximum absolute atomic E-state index is 5.58. The van der Waals surface area contributed by atoms with Gasteiger partial charge in [-0.25, -0.2) is 0 Å². The van der Waals surface area contributed by atoms with Gasteiger partial charge in [-0.05, 0) is 30.2 Å². The number of hydrogen-bond acceptors (Lipinski definition) is 5. The van der Waals surface area contributed by atoms with Crippen LogP contribution >= 0.6 is 0 Å². The highest BCUT2D eigenvalue weighted by atomic mass is 16.5. The van der Waals surface area contributed by atoms with E-state index in [0.717, 1.165) is 17.7 Å². The molecule has 0 saturated heterocycles. The summed E-state index contributed by atoms with van der Waals surface area (Å²) >= 11 is 0. The van der Waals surface area contributed by atoms with Crippen molar-refractivity contribution in [2.24, 2.45) is 11.7 Å². The molecule has 0 aliphatic carbocycles. The molecular formula is C14H19N3O2.